The maximum absolute atomic E-state index is 13.7. The number of carbonyl (C=O) groups excluding carboxylic acids is 1. The van der Waals surface area contributed by atoms with Gasteiger partial charge >= 0.3 is 13.7 Å². The first-order valence-corrected chi connectivity index (χ1v) is 13.4. The third-order valence-corrected chi connectivity index (χ3v) is 7.46. The maximum Gasteiger partial charge on any atom is 0.459 e. The number of aromatic nitrogens is 4. The Balaban J connectivity index is 1.56. The van der Waals surface area contributed by atoms with E-state index in [1.807, 2.05) is 6.07 Å². The first-order valence-electron chi connectivity index (χ1n) is 11.9. The van der Waals surface area contributed by atoms with Gasteiger partial charge in [0, 0.05) is 6.20 Å². The van der Waals surface area contributed by atoms with Crippen LogP contribution in [0, 0.1) is 11.3 Å². The van der Waals surface area contributed by atoms with Crippen LogP contribution in [0.25, 0.3) is 11.5 Å². The van der Waals surface area contributed by atoms with Gasteiger partial charge in [0.15, 0.2) is 5.82 Å². The summed E-state index contributed by atoms with van der Waals surface area (Å²) in [5.74, 6) is 5.43. The van der Waals surface area contributed by atoms with Gasteiger partial charge in [-0.3, -0.25) is 9.32 Å². The fourth-order valence-electron chi connectivity index (χ4n) is 3.96. The van der Waals surface area contributed by atoms with Crippen LogP contribution in [0.4, 0.5) is 0 Å². The van der Waals surface area contributed by atoms with Gasteiger partial charge < -0.3 is 30.1 Å². The number of aliphatic hydroxyl groups is 2. The Bertz CT molecular complexity index is 1370. The fraction of sp³-hybridized carbons (Fsp3) is 0.435. The Labute approximate surface area is 223 Å². The Morgan fingerprint density at radius 3 is 2.72 bits per heavy atom. The van der Waals surface area contributed by atoms with Crippen LogP contribution in [0.15, 0.2) is 42.9 Å². The number of hydrogen-bond donors (Lipinski definition) is 4. The minimum Gasteiger partial charge on any atom is -0.462 e. The lowest BCUT2D eigenvalue weighted by atomic mass is 9.89. The van der Waals surface area contributed by atoms with E-state index in [1.165, 1.54) is 31.6 Å². The van der Waals surface area contributed by atoms with Crippen molar-refractivity contribution >= 4 is 13.7 Å². The predicted molar refractivity (Wildman–Crippen MR) is 133 cm³/mol. The summed E-state index contributed by atoms with van der Waals surface area (Å²) >= 11 is 0. The molecule has 15 nitrogen and oxygen atoms in total. The van der Waals surface area contributed by atoms with Gasteiger partial charge in [-0.1, -0.05) is 18.2 Å². The average Bonchev–Trinajstić information content (AvgIpc) is 3.44. The number of nitriles is 1. The van der Waals surface area contributed by atoms with Crippen molar-refractivity contribution < 1.29 is 38.1 Å². The summed E-state index contributed by atoms with van der Waals surface area (Å²) < 4.78 is 36.9. The first-order chi connectivity index (χ1) is 18.5. The van der Waals surface area contributed by atoms with Crippen molar-refractivity contribution in [2.24, 2.45) is 0 Å². The number of hydrogen-bond acceptors (Lipinski definition) is 13. The van der Waals surface area contributed by atoms with E-state index in [0.29, 0.717) is 0 Å². The summed E-state index contributed by atoms with van der Waals surface area (Å²) in [5.41, 5.74) is -2.03. The van der Waals surface area contributed by atoms with Crippen molar-refractivity contribution in [3.8, 4) is 23.3 Å². The molecule has 1 aromatic carbocycles. The Hall–Kier alpha value is -3.64. The normalized spacial score (nSPS) is 25.2. The molecule has 0 aromatic heterocycles. The largest absolute Gasteiger partial charge is 0.462 e. The zero-order valence-corrected chi connectivity index (χ0v) is 22.1. The van der Waals surface area contributed by atoms with Crippen molar-refractivity contribution in [2.45, 2.75) is 56.8 Å². The highest BCUT2D eigenvalue weighted by Gasteiger charge is 2.58. The van der Waals surface area contributed by atoms with E-state index < -0.39 is 56.4 Å². The fourth-order valence-corrected chi connectivity index (χ4v) is 5.46. The van der Waals surface area contributed by atoms with E-state index >= 15 is 0 Å². The minimum absolute atomic E-state index is 0.0215. The Morgan fingerprint density at radius 2 is 2.05 bits per heavy atom. The number of ether oxygens (including phenoxy) is 2. The molecule has 5 N–H and O–H groups in total. The first kappa shape index (κ1) is 28.4. The number of fused-ring (bicyclic) bond motifs is 1. The van der Waals surface area contributed by atoms with E-state index in [-0.39, 0.29) is 22.8 Å². The van der Waals surface area contributed by atoms with Crippen LogP contribution in [0.1, 0.15) is 26.3 Å². The number of nitrogens with zero attached hydrogens (tertiary/aromatic N) is 5. The number of rotatable bonds is 10. The Morgan fingerprint density at radius 1 is 1.33 bits per heavy atom. The number of nitrogens with two attached hydrogens (primary N) is 1. The molecular weight excluding hydrogens is 533 g/mol. The standard InChI is InChI=1S/C23H28N7O8P/c1-13(2)36-22(33)14(3)29-39(34,38-15-7-5-4-6-8-15)35-10-17-19(31)20(32)23(11-24,37-17)16-9-26-21-18(16)28-27-12-30(21)25/h4-9,12-14,17,19-20,31-32H,10,25H2,1-3H3,(H,29,34)/t14-,17+,19+,20+,23-,39+/m0/s1. The third kappa shape index (κ3) is 5.71. The summed E-state index contributed by atoms with van der Waals surface area (Å²) in [7, 11) is -4.31. The number of benzene rings is 1. The maximum atomic E-state index is 13.7. The molecule has 4 rings (SSSR count). The molecule has 0 aliphatic carbocycles. The van der Waals surface area contributed by atoms with Crippen molar-refractivity contribution in [3.05, 3.63) is 48.4 Å². The number of para-hydroxylation sites is 1. The molecule has 0 spiro atoms. The highest BCUT2D eigenvalue weighted by Crippen LogP contribution is 2.48. The van der Waals surface area contributed by atoms with Gasteiger partial charge in [0.25, 0.3) is 0 Å². The predicted octanol–water partition coefficient (Wildman–Crippen LogP) is 0.465. The lowest BCUT2D eigenvalue weighted by Gasteiger charge is -2.25. The molecule has 3 aliphatic heterocycles. The second-order valence-electron chi connectivity index (χ2n) is 9.06. The molecule has 3 aliphatic rings. The highest BCUT2D eigenvalue weighted by atomic mass is 31.2. The molecule has 0 unspecified atom stereocenters. The number of nitrogens with one attached hydrogen (secondary N) is 1. The van der Waals surface area contributed by atoms with Crippen LogP contribution in [0.2, 0.25) is 0 Å². The van der Waals surface area contributed by atoms with Gasteiger partial charge in [0.1, 0.15) is 48.2 Å². The number of nitrogen functional groups attached to an aromatic ring is 1. The molecule has 208 valence electrons. The summed E-state index contributed by atoms with van der Waals surface area (Å²) in [4.78, 5) is 16.5. The van der Waals surface area contributed by atoms with Crippen molar-refractivity contribution in [2.75, 3.05) is 12.4 Å². The second-order valence-corrected chi connectivity index (χ2v) is 10.7. The van der Waals surface area contributed by atoms with Crippen molar-refractivity contribution in [1.82, 2.24) is 24.9 Å². The summed E-state index contributed by atoms with van der Waals surface area (Å²) in [6.07, 6.45) is -2.79. The van der Waals surface area contributed by atoms with Gasteiger partial charge in [-0.15, -0.1) is 10.2 Å². The molecule has 6 atom stereocenters. The lowest BCUT2D eigenvalue weighted by molar-refractivity contribution is -0.149. The average molecular weight is 561 g/mol. The molecule has 1 aromatic rings. The third-order valence-electron chi connectivity index (χ3n) is 5.82. The molecule has 0 bridgehead atoms. The topological polar surface area (TPSA) is 217 Å². The number of carbonyl (C=O) groups is 1. The van der Waals surface area contributed by atoms with Crippen LogP contribution in [-0.2, 0) is 29.0 Å². The van der Waals surface area contributed by atoms with Crippen LogP contribution < -0.4 is 15.5 Å². The molecule has 0 radical (unpaired) electrons. The SMILES string of the molecule is CC(C)OC(=O)[C@H](C)N[P@@](=O)(OC[C@H]1O[C@@](C#N)(c2cnc3n(N)cnnc2-3)[C@H](O)[C@@H]1O)Oc1ccccc1. The monoisotopic (exact) mass is 561 g/mol. The van der Waals surface area contributed by atoms with Crippen LogP contribution in [-0.4, -0.2) is 73.1 Å². The van der Waals surface area contributed by atoms with E-state index in [0.717, 1.165) is 4.68 Å². The van der Waals surface area contributed by atoms with E-state index in [1.54, 1.807) is 32.0 Å². The van der Waals surface area contributed by atoms with Crippen LogP contribution in [0.3, 0.4) is 0 Å². The van der Waals surface area contributed by atoms with Crippen LogP contribution in [0.5, 0.6) is 5.75 Å². The molecule has 0 amide bonds. The number of esters is 1. The van der Waals surface area contributed by atoms with Crippen molar-refractivity contribution in [3.63, 3.8) is 0 Å². The van der Waals surface area contributed by atoms with Gasteiger partial charge in [-0.2, -0.15) is 10.3 Å². The zero-order valence-electron chi connectivity index (χ0n) is 21.2. The summed E-state index contributed by atoms with van der Waals surface area (Å²) in [6.45, 7) is 4.13. The van der Waals surface area contributed by atoms with E-state index in [4.69, 9.17) is 24.4 Å². The van der Waals surface area contributed by atoms with E-state index in [9.17, 15) is 24.8 Å². The molecular formula is C23H28N7O8P. The second kappa shape index (κ2) is 11.2. The molecule has 16 heteroatoms. The smallest absolute Gasteiger partial charge is 0.459 e. The van der Waals surface area contributed by atoms with Gasteiger partial charge in [0.2, 0.25) is 5.60 Å². The van der Waals surface area contributed by atoms with E-state index in [2.05, 4.69) is 20.3 Å². The molecule has 1 fully saturated rings. The molecule has 1 saturated heterocycles. The summed E-state index contributed by atoms with van der Waals surface area (Å²) in [5, 5.41) is 41.9. The minimum atomic E-state index is -4.31. The summed E-state index contributed by atoms with van der Waals surface area (Å²) in [6, 6.07) is 8.83. The lowest BCUT2D eigenvalue weighted by Crippen LogP contribution is -2.40. The highest BCUT2D eigenvalue weighted by molar-refractivity contribution is 7.52. The molecule has 3 heterocycles. The number of aliphatic hydroxyl groups excluding tert-OH is 2. The quantitative estimate of drug-likeness (QED) is 0.150. The van der Waals surface area contributed by atoms with Crippen molar-refractivity contribution in [1.29, 1.82) is 5.26 Å². The molecule has 39 heavy (non-hydrogen) atoms. The van der Waals surface area contributed by atoms with Gasteiger partial charge in [0.05, 0.1) is 18.3 Å². The van der Waals surface area contributed by atoms with Gasteiger partial charge in [-0.25, -0.2) is 14.2 Å². The van der Waals surface area contributed by atoms with Gasteiger partial charge in [-0.05, 0) is 32.9 Å². The van der Waals surface area contributed by atoms with Crippen LogP contribution >= 0.6 is 7.75 Å². The zero-order chi connectivity index (χ0) is 28.4. The Kier molecular flexibility index (Phi) is 8.17. The molecule has 0 saturated carbocycles.